The number of hydrogen-bond donors (Lipinski definition) is 1. The van der Waals surface area contributed by atoms with Gasteiger partial charge in [-0.1, -0.05) is 30.5 Å². The second-order valence-electron chi connectivity index (χ2n) is 7.85. The topological polar surface area (TPSA) is 68.0 Å². The summed E-state index contributed by atoms with van der Waals surface area (Å²) in [5.74, 6) is -0.646. The first-order chi connectivity index (χ1) is 15.3. The van der Waals surface area contributed by atoms with Gasteiger partial charge in [0.2, 0.25) is 0 Å². The minimum absolute atomic E-state index is 0.00496. The fraction of sp³-hybridized carbons (Fsp3) is 0.348. The van der Waals surface area contributed by atoms with E-state index in [-0.39, 0.29) is 22.6 Å². The van der Waals surface area contributed by atoms with Crippen LogP contribution in [0.4, 0.5) is 13.2 Å². The summed E-state index contributed by atoms with van der Waals surface area (Å²) in [5.41, 5.74) is 1.69. The van der Waals surface area contributed by atoms with Gasteiger partial charge in [-0.25, -0.2) is 14.5 Å². The third-order valence-corrected chi connectivity index (χ3v) is 6.10. The number of aromatic carboxylic acids is 1. The molecule has 4 rings (SSSR count). The van der Waals surface area contributed by atoms with Crippen LogP contribution in [0.5, 0.6) is 0 Å². The summed E-state index contributed by atoms with van der Waals surface area (Å²) < 4.78 is 42.5. The number of aromatic nitrogens is 3. The lowest BCUT2D eigenvalue weighted by Crippen LogP contribution is -2.11. The van der Waals surface area contributed by atoms with Crippen molar-refractivity contribution < 1.29 is 23.1 Å². The SMILES string of the molecule is O=C(O)c1ccc(-n2nc(Cc3c(Cl)cccc3C(F)(F)F)c3c2CCCCCC3)nc1. The van der Waals surface area contributed by atoms with Crippen LogP contribution < -0.4 is 0 Å². The summed E-state index contributed by atoms with van der Waals surface area (Å²) in [7, 11) is 0. The number of carboxylic acids is 1. The van der Waals surface area contributed by atoms with Gasteiger partial charge in [0.25, 0.3) is 0 Å². The second kappa shape index (κ2) is 8.94. The van der Waals surface area contributed by atoms with Crippen LogP contribution in [0.1, 0.15) is 64.1 Å². The van der Waals surface area contributed by atoms with Crippen molar-refractivity contribution in [2.24, 2.45) is 0 Å². The van der Waals surface area contributed by atoms with Crippen molar-refractivity contribution in [3.63, 3.8) is 0 Å². The third-order valence-electron chi connectivity index (χ3n) is 5.74. The summed E-state index contributed by atoms with van der Waals surface area (Å²) in [4.78, 5) is 15.4. The Hall–Kier alpha value is -2.87. The normalized spacial score (nSPS) is 14.5. The van der Waals surface area contributed by atoms with Crippen LogP contribution in [0.25, 0.3) is 5.82 Å². The van der Waals surface area contributed by atoms with Crippen LogP contribution in [0, 0.1) is 0 Å². The molecule has 2 aromatic heterocycles. The van der Waals surface area contributed by atoms with Crippen LogP contribution >= 0.6 is 11.6 Å². The Balaban J connectivity index is 1.82. The number of rotatable bonds is 4. The molecule has 0 saturated carbocycles. The average molecular weight is 464 g/mol. The molecule has 0 bridgehead atoms. The van der Waals surface area contributed by atoms with Crippen molar-refractivity contribution in [3.05, 3.63) is 75.2 Å². The van der Waals surface area contributed by atoms with Crippen molar-refractivity contribution >= 4 is 17.6 Å². The van der Waals surface area contributed by atoms with Crippen molar-refractivity contribution in [2.75, 3.05) is 0 Å². The van der Waals surface area contributed by atoms with E-state index in [1.165, 1.54) is 24.4 Å². The number of alkyl halides is 3. The molecule has 0 unspecified atom stereocenters. The van der Waals surface area contributed by atoms with Crippen LogP contribution in [0.15, 0.2) is 36.5 Å². The van der Waals surface area contributed by atoms with Gasteiger partial charge in [-0.05, 0) is 61.1 Å². The van der Waals surface area contributed by atoms with Crippen LogP contribution in [-0.4, -0.2) is 25.8 Å². The van der Waals surface area contributed by atoms with Crippen molar-refractivity contribution in [2.45, 2.75) is 51.1 Å². The summed E-state index contributed by atoms with van der Waals surface area (Å²) in [6.07, 6.45) is 2.09. The predicted octanol–water partition coefficient (Wildman–Crippen LogP) is 5.89. The molecule has 0 spiro atoms. The lowest BCUT2D eigenvalue weighted by atomic mass is 9.93. The minimum Gasteiger partial charge on any atom is -0.478 e. The summed E-state index contributed by atoms with van der Waals surface area (Å²) in [5, 5.41) is 13.8. The summed E-state index contributed by atoms with van der Waals surface area (Å²) in [6, 6.07) is 6.80. The molecule has 9 heteroatoms. The van der Waals surface area contributed by atoms with E-state index >= 15 is 0 Å². The van der Waals surface area contributed by atoms with Crippen molar-refractivity contribution in [1.29, 1.82) is 0 Å². The van der Waals surface area contributed by atoms with Crippen LogP contribution in [0.2, 0.25) is 5.02 Å². The Kier molecular flexibility index (Phi) is 6.24. The van der Waals surface area contributed by atoms with E-state index in [4.69, 9.17) is 16.7 Å². The average Bonchev–Trinajstić information content (AvgIpc) is 3.04. The summed E-state index contributed by atoms with van der Waals surface area (Å²) >= 11 is 6.20. The molecule has 3 aromatic rings. The molecule has 32 heavy (non-hydrogen) atoms. The molecule has 0 saturated heterocycles. The number of hydrogen-bond acceptors (Lipinski definition) is 3. The zero-order valence-corrected chi connectivity index (χ0v) is 17.9. The Bertz CT molecular complexity index is 1140. The molecule has 5 nitrogen and oxygen atoms in total. The molecule has 168 valence electrons. The number of fused-ring (bicyclic) bond motifs is 1. The molecule has 2 heterocycles. The van der Waals surface area contributed by atoms with E-state index in [1.54, 1.807) is 10.7 Å². The fourth-order valence-corrected chi connectivity index (χ4v) is 4.41. The Morgan fingerprint density at radius 2 is 1.84 bits per heavy atom. The molecule has 0 radical (unpaired) electrons. The highest BCUT2D eigenvalue weighted by molar-refractivity contribution is 6.31. The maximum Gasteiger partial charge on any atom is 0.416 e. The van der Waals surface area contributed by atoms with Gasteiger partial charge in [-0.15, -0.1) is 0 Å². The zero-order chi connectivity index (χ0) is 22.9. The largest absolute Gasteiger partial charge is 0.478 e. The monoisotopic (exact) mass is 463 g/mol. The molecule has 1 aliphatic rings. The molecule has 0 atom stereocenters. The van der Waals surface area contributed by atoms with E-state index < -0.39 is 17.7 Å². The van der Waals surface area contributed by atoms with Gasteiger partial charge in [-0.3, -0.25) is 0 Å². The molecule has 1 N–H and O–H groups in total. The number of nitrogens with zero attached hydrogens (tertiary/aromatic N) is 3. The van der Waals surface area contributed by atoms with Gasteiger partial charge in [-0.2, -0.15) is 18.3 Å². The maximum atomic E-state index is 13.6. The number of carbonyl (C=O) groups is 1. The number of carboxylic acid groups (broad SMARTS) is 1. The van der Waals surface area contributed by atoms with Crippen LogP contribution in [0.3, 0.4) is 0 Å². The smallest absolute Gasteiger partial charge is 0.416 e. The number of benzene rings is 1. The van der Waals surface area contributed by atoms with Gasteiger partial charge in [0, 0.05) is 23.3 Å². The van der Waals surface area contributed by atoms with Gasteiger partial charge < -0.3 is 5.11 Å². The highest BCUT2D eigenvalue weighted by Crippen LogP contribution is 2.37. The lowest BCUT2D eigenvalue weighted by Gasteiger charge is -2.15. The predicted molar refractivity (Wildman–Crippen MR) is 113 cm³/mol. The Morgan fingerprint density at radius 1 is 1.09 bits per heavy atom. The van der Waals surface area contributed by atoms with Gasteiger partial charge in [0.15, 0.2) is 5.82 Å². The molecule has 1 aliphatic carbocycles. The highest BCUT2D eigenvalue weighted by atomic mass is 35.5. The highest BCUT2D eigenvalue weighted by Gasteiger charge is 2.34. The lowest BCUT2D eigenvalue weighted by molar-refractivity contribution is -0.138. The molecular formula is C23H21ClF3N3O2. The Morgan fingerprint density at radius 3 is 2.50 bits per heavy atom. The minimum atomic E-state index is -4.52. The zero-order valence-electron chi connectivity index (χ0n) is 17.1. The second-order valence-corrected chi connectivity index (χ2v) is 8.26. The molecule has 1 aromatic carbocycles. The van der Waals surface area contributed by atoms with Gasteiger partial charge in [0.05, 0.1) is 16.8 Å². The van der Waals surface area contributed by atoms with E-state index in [1.807, 2.05) is 0 Å². The molecule has 0 aliphatic heterocycles. The quantitative estimate of drug-likeness (QED) is 0.524. The first-order valence-corrected chi connectivity index (χ1v) is 10.8. The van der Waals surface area contributed by atoms with E-state index in [0.717, 1.165) is 49.4 Å². The molecule has 0 fully saturated rings. The number of halogens is 4. The fourth-order valence-electron chi connectivity index (χ4n) is 4.17. The first-order valence-electron chi connectivity index (χ1n) is 10.4. The molecular weight excluding hydrogens is 443 g/mol. The first kappa shape index (κ1) is 22.3. The van der Waals surface area contributed by atoms with E-state index in [0.29, 0.717) is 17.9 Å². The Labute approximate surface area is 187 Å². The van der Waals surface area contributed by atoms with Crippen molar-refractivity contribution in [1.82, 2.24) is 14.8 Å². The molecule has 0 amide bonds. The third kappa shape index (κ3) is 4.50. The van der Waals surface area contributed by atoms with E-state index in [2.05, 4.69) is 10.1 Å². The standard InChI is InChI=1S/C23H21ClF3N3O2/c24-18-8-5-7-17(23(25,26)27)16(18)12-19-15-6-3-1-2-4-9-20(15)30(29-19)21-11-10-14(13-28-21)22(31)32/h5,7-8,10-11,13H,1-4,6,9,12H2,(H,31,32). The van der Waals surface area contributed by atoms with Gasteiger partial charge in [0.1, 0.15) is 0 Å². The maximum absolute atomic E-state index is 13.6. The van der Waals surface area contributed by atoms with Crippen molar-refractivity contribution in [3.8, 4) is 5.82 Å². The number of pyridine rings is 1. The van der Waals surface area contributed by atoms with Crippen LogP contribution in [-0.2, 0) is 25.4 Å². The van der Waals surface area contributed by atoms with Gasteiger partial charge >= 0.3 is 12.1 Å². The summed E-state index contributed by atoms with van der Waals surface area (Å²) in [6.45, 7) is 0. The van der Waals surface area contributed by atoms with E-state index in [9.17, 15) is 18.0 Å².